The number of rotatable bonds is 3. The minimum absolute atomic E-state index is 0.00655. The monoisotopic (exact) mass is 211 g/mol. The molecular formula is C11H21N3O. The molecular weight excluding hydrogens is 190 g/mol. The van der Waals surface area contributed by atoms with E-state index < -0.39 is 0 Å². The minimum Gasteiger partial charge on any atom is -0.396 e. The van der Waals surface area contributed by atoms with E-state index in [9.17, 15) is 5.11 Å². The molecule has 15 heavy (non-hydrogen) atoms. The summed E-state index contributed by atoms with van der Waals surface area (Å²) in [6, 6.07) is 0. The van der Waals surface area contributed by atoms with E-state index in [1.54, 1.807) is 4.68 Å². The van der Waals surface area contributed by atoms with Gasteiger partial charge >= 0.3 is 0 Å². The summed E-state index contributed by atoms with van der Waals surface area (Å²) in [6.45, 7) is 6.87. The lowest BCUT2D eigenvalue weighted by Gasteiger charge is -2.20. The van der Waals surface area contributed by atoms with Crippen molar-refractivity contribution in [2.24, 2.45) is 12.8 Å². The van der Waals surface area contributed by atoms with Crippen LogP contribution in [0.1, 0.15) is 37.9 Å². The molecule has 0 saturated carbocycles. The Morgan fingerprint density at radius 2 is 2.13 bits per heavy atom. The van der Waals surface area contributed by atoms with Crippen LogP contribution in [-0.2, 0) is 12.5 Å². The van der Waals surface area contributed by atoms with Gasteiger partial charge in [-0.1, -0.05) is 20.8 Å². The Labute approximate surface area is 91.1 Å². The lowest BCUT2D eigenvalue weighted by molar-refractivity contribution is 0.266. The van der Waals surface area contributed by atoms with Crippen LogP contribution in [0.4, 0.5) is 0 Å². The van der Waals surface area contributed by atoms with Gasteiger partial charge < -0.3 is 10.8 Å². The lowest BCUT2D eigenvalue weighted by Crippen LogP contribution is -2.21. The fourth-order valence-electron chi connectivity index (χ4n) is 1.69. The van der Waals surface area contributed by atoms with E-state index >= 15 is 0 Å². The number of nitrogens with zero attached hydrogens (tertiary/aromatic N) is 2. The van der Waals surface area contributed by atoms with Crippen molar-refractivity contribution in [3.63, 3.8) is 0 Å². The quantitative estimate of drug-likeness (QED) is 0.775. The topological polar surface area (TPSA) is 64.1 Å². The second-order valence-corrected chi connectivity index (χ2v) is 4.97. The maximum Gasteiger partial charge on any atom is 0.0713 e. The normalized spacial score (nSPS) is 14.3. The maximum absolute atomic E-state index is 9.26. The first-order chi connectivity index (χ1) is 6.90. The third-order valence-electron chi connectivity index (χ3n) is 2.51. The van der Waals surface area contributed by atoms with Gasteiger partial charge in [-0.2, -0.15) is 5.10 Å². The van der Waals surface area contributed by atoms with E-state index in [-0.39, 0.29) is 17.9 Å². The van der Waals surface area contributed by atoms with Crippen molar-refractivity contribution in [2.75, 3.05) is 13.2 Å². The molecule has 3 N–H and O–H groups in total. The Balaban J connectivity index is 3.16. The lowest BCUT2D eigenvalue weighted by atomic mass is 9.86. The summed E-state index contributed by atoms with van der Waals surface area (Å²) in [6.07, 6.45) is 1.95. The fourth-order valence-corrected chi connectivity index (χ4v) is 1.69. The van der Waals surface area contributed by atoms with Crippen LogP contribution in [0.3, 0.4) is 0 Å². The zero-order chi connectivity index (χ0) is 11.6. The van der Waals surface area contributed by atoms with Crippen molar-refractivity contribution in [2.45, 2.75) is 32.1 Å². The molecule has 0 aliphatic heterocycles. The highest BCUT2D eigenvalue weighted by Crippen LogP contribution is 2.28. The van der Waals surface area contributed by atoms with E-state index in [4.69, 9.17) is 5.73 Å². The molecule has 1 rings (SSSR count). The summed E-state index contributed by atoms with van der Waals surface area (Å²) in [5, 5.41) is 13.7. The van der Waals surface area contributed by atoms with Gasteiger partial charge in [0.25, 0.3) is 0 Å². The highest BCUT2D eigenvalue weighted by molar-refractivity contribution is 5.28. The van der Waals surface area contributed by atoms with Crippen LogP contribution < -0.4 is 5.73 Å². The third-order valence-corrected chi connectivity index (χ3v) is 2.51. The Bertz CT molecular complexity index is 321. The average Bonchev–Trinajstić information content (AvgIpc) is 2.49. The molecule has 0 bridgehead atoms. The molecule has 0 aliphatic carbocycles. The van der Waals surface area contributed by atoms with Gasteiger partial charge in [0.1, 0.15) is 0 Å². The van der Waals surface area contributed by atoms with Crippen LogP contribution in [0.5, 0.6) is 0 Å². The van der Waals surface area contributed by atoms with Crippen LogP contribution in [0.15, 0.2) is 6.20 Å². The summed E-state index contributed by atoms with van der Waals surface area (Å²) in [7, 11) is 1.89. The predicted octanol–water partition coefficient (Wildman–Crippen LogP) is 0.752. The standard InChI is InChI=1S/C11H21N3O/c1-11(2,3)10-9(6-14(4)13-10)8(5-12)7-15/h6,8,15H,5,7,12H2,1-4H3. The van der Waals surface area contributed by atoms with Crippen molar-refractivity contribution in [3.05, 3.63) is 17.5 Å². The summed E-state index contributed by atoms with van der Waals surface area (Å²) in [5.74, 6) is -0.00655. The van der Waals surface area contributed by atoms with Crippen LogP contribution in [-0.4, -0.2) is 28.0 Å². The third kappa shape index (κ3) is 2.58. The number of aliphatic hydroxyl groups is 1. The van der Waals surface area contributed by atoms with E-state index in [1.807, 2.05) is 13.2 Å². The SMILES string of the molecule is Cn1cc(C(CN)CO)c(C(C)(C)C)n1. The predicted molar refractivity (Wildman–Crippen MR) is 60.8 cm³/mol. The molecule has 1 aromatic heterocycles. The molecule has 0 radical (unpaired) electrons. The number of hydrogen-bond acceptors (Lipinski definition) is 3. The molecule has 1 heterocycles. The second kappa shape index (κ2) is 4.33. The zero-order valence-corrected chi connectivity index (χ0v) is 9.99. The highest BCUT2D eigenvalue weighted by Gasteiger charge is 2.25. The number of aromatic nitrogens is 2. The molecule has 0 saturated heterocycles. The second-order valence-electron chi connectivity index (χ2n) is 4.97. The van der Waals surface area contributed by atoms with Crippen molar-refractivity contribution in [3.8, 4) is 0 Å². The highest BCUT2D eigenvalue weighted by atomic mass is 16.3. The molecule has 0 spiro atoms. The molecule has 86 valence electrons. The molecule has 4 nitrogen and oxygen atoms in total. The van der Waals surface area contributed by atoms with Gasteiger partial charge in [-0.15, -0.1) is 0 Å². The van der Waals surface area contributed by atoms with Crippen molar-refractivity contribution in [1.82, 2.24) is 9.78 Å². The van der Waals surface area contributed by atoms with Gasteiger partial charge in [-0.25, -0.2) is 0 Å². The molecule has 1 aromatic rings. The van der Waals surface area contributed by atoms with Crippen LogP contribution in [0.2, 0.25) is 0 Å². The molecule has 0 aliphatic rings. The fraction of sp³-hybridized carbons (Fsp3) is 0.727. The van der Waals surface area contributed by atoms with Crippen LogP contribution >= 0.6 is 0 Å². The summed E-state index contributed by atoms with van der Waals surface area (Å²) in [4.78, 5) is 0. The first-order valence-electron chi connectivity index (χ1n) is 5.25. The number of nitrogens with two attached hydrogens (primary N) is 1. The summed E-state index contributed by atoms with van der Waals surface area (Å²) in [5.41, 5.74) is 7.71. The number of hydrogen-bond donors (Lipinski definition) is 2. The molecule has 1 unspecified atom stereocenters. The Morgan fingerprint density at radius 3 is 2.53 bits per heavy atom. The Morgan fingerprint density at radius 1 is 1.53 bits per heavy atom. The molecule has 0 aromatic carbocycles. The smallest absolute Gasteiger partial charge is 0.0713 e. The summed E-state index contributed by atoms with van der Waals surface area (Å²) < 4.78 is 1.79. The minimum atomic E-state index is -0.0147. The summed E-state index contributed by atoms with van der Waals surface area (Å²) >= 11 is 0. The maximum atomic E-state index is 9.26. The van der Waals surface area contributed by atoms with Gasteiger partial charge in [0.2, 0.25) is 0 Å². The number of aliphatic hydroxyl groups excluding tert-OH is 1. The van der Waals surface area contributed by atoms with Crippen molar-refractivity contribution >= 4 is 0 Å². The van der Waals surface area contributed by atoms with E-state index in [0.717, 1.165) is 11.3 Å². The van der Waals surface area contributed by atoms with E-state index in [1.165, 1.54) is 0 Å². The first-order valence-corrected chi connectivity index (χ1v) is 5.25. The van der Waals surface area contributed by atoms with Crippen molar-refractivity contribution in [1.29, 1.82) is 0 Å². The van der Waals surface area contributed by atoms with Gasteiger partial charge in [0, 0.05) is 36.7 Å². The largest absolute Gasteiger partial charge is 0.396 e. The van der Waals surface area contributed by atoms with Crippen molar-refractivity contribution < 1.29 is 5.11 Å². The van der Waals surface area contributed by atoms with E-state index in [2.05, 4.69) is 25.9 Å². The Kier molecular flexibility index (Phi) is 3.52. The molecule has 4 heteroatoms. The van der Waals surface area contributed by atoms with Crippen LogP contribution in [0, 0.1) is 0 Å². The molecule has 0 amide bonds. The van der Waals surface area contributed by atoms with Gasteiger partial charge in [0.15, 0.2) is 0 Å². The average molecular weight is 211 g/mol. The van der Waals surface area contributed by atoms with Gasteiger partial charge in [-0.3, -0.25) is 4.68 Å². The molecule has 1 atom stereocenters. The Hall–Kier alpha value is -0.870. The van der Waals surface area contributed by atoms with Gasteiger partial charge in [0.05, 0.1) is 12.3 Å². The van der Waals surface area contributed by atoms with Gasteiger partial charge in [-0.05, 0) is 0 Å². The zero-order valence-electron chi connectivity index (χ0n) is 9.99. The van der Waals surface area contributed by atoms with E-state index in [0.29, 0.717) is 6.54 Å². The number of aryl methyl sites for hydroxylation is 1. The molecule has 0 fully saturated rings. The first kappa shape index (κ1) is 12.2. The van der Waals surface area contributed by atoms with Crippen LogP contribution in [0.25, 0.3) is 0 Å².